The van der Waals surface area contributed by atoms with Crippen LogP contribution < -0.4 is 16.0 Å². The molecule has 1 aliphatic heterocycles. The number of carbonyl (C=O) groups is 3. The van der Waals surface area contributed by atoms with Crippen LogP contribution in [0.3, 0.4) is 0 Å². The number of urea groups is 1. The van der Waals surface area contributed by atoms with Gasteiger partial charge in [0.05, 0.1) is 5.92 Å². The molecule has 3 amide bonds. The Labute approximate surface area is 118 Å². The third kappa shape index (κ3) is 5.90. The Morgan fingerprint density at radius 3 is 2.65 bits per heavy atom. The van der Waals surface area contributed by atoms with Gasteiger partial charge in [0.25, 0.3) is 0 Å². The Balaban J connectivity index is 2.30. The molecule has 0 spiro atoms. The standard InChI is InChI=1S/C13H23N3O4/c1-8(2)5-9(12(18)19)6-15-13(20)16-10-3-4-11(17)14-7-10/h8-10H,3-7H2,1-2H3,(H,14,17)(H,18,19)(H2,15,16,20). The van der Waals surface area contributed by atoms with Crippen molar-refractivity contribution in [3.05, 3.63) is 0 Å². The Hall–Kier alpha value is -1.79. The summed E-state index contributed by atoms with van der Waals surface area (Å²) in [5.74, 6) is -1.23. The first kappa shape index (κ1) is 16.3. The third-order valence-electron chi connectivity index (χ3n) is 3.21. The molecule has 1 heterocycles. The molecule has 0 aromatic rings. The molecule has 1 fully saturated rings. The van der Waals surface area contributed by atoms with E-state index in [4.69, 9.17) is 5.11 Å². The minimum Gasteiger partial charge on any atom is -0.481 e. The second-order valence-corrected chi connectivity index (χ2v) is 5.56. The van der Waals surface area contributed by atoms with Gasteiger partial charge in [-0.25, -0.2) is 4.79 Å². The summed E-state index contributed by atoms with van der Waals surface area (Å²) < 4.78 is 0. The van der Waals surface area contributed by atoms with Crippen LogP contribution in [0.5, 0.6) is 0 Å². The fraction of sp³-hybridized carbons (Fsp3) is 0.769. The van der Waals surface area contributed by atoms with Crippen LogP contribution in [0.2, 0.25) is 0 Å². The Morgan fingerprint density at radius 2 is 2.15 bits per heavy atom. The molecule has 0 radical (unpaired) electrons. The van der Waals surface area contributed by atoms with Crippen LogP contribution in [0.25, 0.3) is 0 Å². The summed E-state index contributed by atoms with van der Waals surface area (Å²) >= 11 is 0. The molecule has 2 unspecified atom stereocenters. The van der Waals surface area contributed by atoms with E-state index in [1.807, 2.05) is 13.8 Å². The summed E-state index contributed by atoms with van der Waals surface area (Å²) in [4.78, 5) is 33.7. The minimum absolute atomic E-state index is 0.00803. The molecule has 7 nitrogen and oxygen atoms in total. The lowest BCUT2D eigenvalue weighted by Gasteiger charge is -2.24. The monoisotopic (exact) mass is 285 g/mol. The first-order chi connectivity index (χ1) is 9.38. The van der Waals surface area contributed by atoms with Gasteiger partial charge in [0.2, 0.25) is 5.91 Å². The topological polar surface area (TPSA) is 108 Å². The molecule has 20 heavy (non-hydrogen) atoms. The van der Waals surface area contributed by atoms with E-state index in [9.17, 15) is 14.4 Å². The minimum atomic E-state index is -0.899. The molecule has 1 saturated heterocycles. The molecular formula is C13H23N3O4. The zero-order valence-corrected chi connectivity index (χ0v) is 11.9. The molecule has 0 aromatic heterocycles. The smallest absolute Gasteiger partial charge is 0.315 e. The molecule has 0 aromatic carbocycles. The molecule has 114 valence electrons. The van der Waals surface area contributed by atoms with Crippen molar-refractivity contribution in [3.8, 4) is 0 Å². The number of hydrogen-bond acceptors (Lipinski definition) is 3. The zero-order valence-electron chi connectivity index (χ0n) is 11.9. The van der Waals surface area contributed by atoms with E-state index in [-0.39, 0.29) is 30.4 Å². The highest BCUT2D eigenvalue weighted by atomic mass is 16.4. The highest BCUT2D eigenvalue weighted by Gasteiger charge is 2.22. The van der Waals surface area contributed by atoms with Gasteiger partial charge in [0, 0.05) is 25.6 Å². The lowest BCUT2D eigenvalue weighted by Crippen LogP contribution is -2.51. The summed E-state index contributed by atoms with van der Waals surface area (Å²) in [5, 5.41) is 17.1. The summed E-state index contributed by atoms with van der Waals surface area (Å²) in [6.07, 6.45) is 1.53. The predicted molar refractivity (Wildman–Crippen MR) is 73.1 cm³/mol. The van der Waals surface area contributed by atoms with Crippen LogP contribution in [0.1, 0.15) is 33.1 Å². The summed E-state index contributed by atoms with van der Waals surface area (Å²) in [5.41, 5.74) is 0. The molecule has 7 heteroatoms. The van der Waals surface area contributed by atoms with Crippen molar-refractivity contribution in [3.63, 3.8) is 0 Å². The number of amides is 3. The van der Waals surface area contributed by atoms with Crippen molar-refractivity contribution in [2.45, 2.75) is 39.2 Å². The molecule has 0 bridgehead atoms. The van der Waals surface area contributed by atoms with Crippen LogP contribution in [-0.2, 0) is 9.59 Å². The second-order valence-electron chi connectivity index (χ2n) is 5.56. The quantitative estimate of drug-likeness (QED) is 0.563. The van der Waals surface area contributed by atoms with E-state index < -0.39 is 11.9 Å². The van der Waals surface area contributed by atoms with Gasteiger partial charge >= 0.3 is 12.0 Å². The van der Waals surface area contributed by atoms with Gasteiger partial charge in [0.15, 0.2) is 0 Å². The van der Waals surface area contributed by atoms with Crippen molar-refractivity contribution < 1.29 is 19.5 Å². The fourth-order valence-corrected chi connectivity index (χ4v) is 2.15. The third-order valence-corrected chi connectivity index (χ3v) is 3.21. The number of carbonyl (C=O) groups excluding carboxylic acids is 2. The number of hydrogen-bond donors (Lipinski definition) is 4. The van der Waals surface area contributed by atoms with E-state index >= 15 is 0 Å². The summed E-state index contributed by atoms with van der Waals surface area (Å²) in [7, 11) is 0. The van der Waals surface area contributed by atoms with Crippen LogP contribution in [0, 0.1) is 11.8 Å². The van der Waals surface area contributed by atoms with Crippen LogP contribution in [0.15, 0.2) is 0 Å². The molecule has 0 aliphatic carbocycles. The van der Waals surface area contributed by atoms with Crippen molar-refractivity contribution >= 4 is 17.9 Å². The second kappa shape index (κ2) is 7.72. The van der Waals surface area contributed by atoms with E-state index in [0.29, 0.717) is 25.8 Å². The number of carboxylic acids is 1. The SMILES string of the molecule is CC(C)CC(CNC(=O)NC1CCC(=O)NC1)C(=O)O. The highest BCUT2D eigenvalue weighted by molar-refractivity contribution is 5.78. The van der Waals surface area contributed by atoms with Gasteiger partial charge in [0.1, 0.15) is 0 Å². The first-order valence-corrected chi connectivity index (χ1v) is 6.92. The van der Waals surface area contributed by atoms with Gasteiger partial charge in [-0.15, -0.1) is 0 Å². The zero-order chi connectivity index (χ0) is 15.1. The maximum atomic E-state index is 11.7. The van der Waals surface area contributed by atoms with Crippen molar-refractivity contribution in [1.29, 1.82) is 0 Å². The van der Waals surface area contributed by atoms with E-state index in [1.165, 1.54) is 0 Å². The van der Waals surface area contributed by atoms with Gasteiger partial charge in [-0.2, -0.15) is 0 Å². The lowest BCUT2D eigenvalue weighted by atomic mass is 9.97. The number of aliphatic carboxylic acids is 1. The van der Waals surface area contributed by atoms with Gasteiger partial charge in [-0.3, -0.25) is 9.59 Å². The maximum Gasteiger partial charge on any atom is 0.315 e. The Bertz CT molecular complexity index is 361. The van der Waals surface area contributed by atoms with Crippen molar-refractivity contribution in [2.75, 3.05) is 13.1 Å². The number of carboxylic acid groups (broad SMARTS) is 1. The Kier molecular flexibility index (Phi) is 6.27. The first-order valence-electron chi connectivity index (χ1n) is 6.92. The lowest BCUT2D eigenvalue weighted by molar-refractivity contribution is -0.142. The molecule has 4 N–H and O–H groups in total. The van der Waals surface area contributed by atoms with E-state index in [2.05, 4.69) is 16.0 Å². The average Bonchev–Trinajstić information content (AvgIpc) is 2.36. The van der Waals surface area contributed by atoms with Crippen LogP contribution >= 0.6 is 0 Å². The normalized spacial score (nSPS) is 20.1. The van der Waals surface area contributed by atoms with E-state index in [1.54, 1.807) is 0 Å². The Morgan fingerprint density at radius 1 is 1.45 bits per heavy atom. The molecular weight excluding hydrogens is 262 g/mol. The number of nitrogens with one attached hydrogen (secondary N) is 3. The van der Waals surface area contributed by atoms with Gasteiger partial charge in [-0.05, 0) is 18.8 Å². The summed E-state index contributed by atoms with van der Waals surface area (Å²) in [6.45, 7) is 4.42. The highest BCUT2D eigenvalue weighted by Crippen LogP contribution is 2.11. The van der Waals surface area contributed by atoms with Crippen molar-refractivity contribution in [1.82, 2.24) is 16.0 Å². The average molecular weight is 285 g/mol. The molecule has 1 aliphatic rings. The van der Waals surface area contributed by atoms with Crippen LogP contribution in [-0.4, -0.2) is 42.1 Å². The van der Waals surface area contributed by atoms with E-state index in [0.717, 1.165) is 0 Å². The van der Waals surface area contributed by atoms with Gasteiger partial charge in [-0.1, -0.05) is 13.8 Å². The van der Waals surface area contributed by atoms with Gasteiger partial charge < -0.3 is 21.1 Å². The fourth-order valence-electron chi connectivity index (χ4n) is 2.15. The maximum absolute atomic E-state index is 11.7. The largest absolute Gasteiger partial charge is 0.481 e. The number of piperidine rings is 1. The molecule has 1 rings (SSSR count). The predicted octanol–water partition coefficient (Wildman–Crippen LogP) is 0.311. The number of rotatable bonds is 6. The van der Waals surface area contributed by atoms with Crippen molar-refractivity contribution in [2.24, 2.45) is 11.8 Å². The molecule has 2 atom stereocenters. The summed E-state index contributed by atoms with van der Waals surface area (Å²) in [6, 6.07) is -0.484. The van der Waals surface area contributed by atoms with Crippen LogP contribution in [0.4, 0.5) is 4.79 Å². The molecule has 0 saturated carbocycles.